The van der Waals surface area contributed by atoms with Gasteiger partial charge in [-0.15, -0.1) is 0 Å². The second kappa shape index (κ2) is 6.54. The fraction of sp³-hybridized carbons (Fsp3) is 0.875. The monoisotopic (exact) mass is 310 g/mol. The zero-order valence-electron chi connectivity index (χ0n) is 13.5. The summed E-state index contributed by atoms with van der Waals surface area (Å²) < 4.78 is 11.4. The Labute approximate surface area is 131 Å². The molecule has 3 aliphatic rings. The van der Waals surface area contributed by atoms with Gasteiger partial charge in [0.2, 0.25) is 11.8 Å². The van der Waals surface area contributed by atoms with Crippen molar-refractivity contribution in [3.63, 3.8) is 0 Å². The topological polar surface area (TPSA) is 59.1 Å². The highest BCUT2D eigenvalue weighted by molar-refractivity contribution is 5.89. The maximum Gasteiger partial charge on any atom is 0.249 e. The summed E-state index contributed by atoms with van der Waals surface area (Å²) in [6.45, 7) is 0.760. The molecular weight excluding hydrogens is 284 g/mol. The summed E-state index contributed by atoms with van der Waals surface area (Å²) in [7, 11) is 3.46. The van der Waals surface area contributed by atoms with Gasteiger partial charge in [-0.05, 0) is 19.3 Å². The van der Waals surface area contributed by atoms with Crippen LogP contribution in [0.3, 0.4) is 0 Å². The summed E-state index contributed by atoms with van der Waals surface area (Å²) >= 11 is 0. The van der Waals surface area contributed by atoms with Gasteiger partial charge in [-0.3, -0.25) is 9.59 Å². The number of ether oxygens (including phenoxy) is 2. The van der Waals surface area contributed by atoms with E-state index in [1.165, 1.54) is 12.8 Å². The summed E-state index contributed by atoms with van der Waals surface area (Å²) in [5.41, 5.74) is 0. The molecule has 6 nitrogen and oxygen atoms in total. The van der Waals surface area contributed by atoms with Crippen LogP contribution in [-0.4, -0.2) is 73.2 Å². The van der Waals surface area contributed by atoms with Crippen molar-refractivity contribution in [2.75, 3.05) is 27.3 Å². The average molecular weight is 310 g/mol. The smallest absolute Gasteiger partial charge is 0.249 e. The molecule has 22 heavy (non-hydrogen) atoms. The lowest BCUT2D eigenvalue weighted by molar-refractivity contribution is -0.148. The fourth-order valence-electron chi connectivity index (χ4n) is 3.94. The Balaban J connectivity index is 1.66. The van der Waals surface area contributed by atoms with Crippen molar-refractivity contribution < 1.29 is 19.1 Å². The Morgan fingerprint density at radius 1 is 1.23 bits per heavy atom. The van der Waals surface area contributed by atoms with Crippen LogP contribution in [0, 0.1) is 0 Å². The third kappa shape index (κ3) is 2.99. The van der Waals surface area contributed by atoms with Crippen LogP contribution in [0.25, 0.3) is 0 Å². The summed E-state index contributed by atoms with van der Waals surface area (Å²) in [6.07, 6.45) is 6.10. The van der Waals surface area contributed by atoms with E-state index < -0.39 is 6.04 Å². The van der Waals surface area contributed by atoms with Gasteiger partial charge in [0.25, 0.3) is 0 Å². The van der Waals surface area contributed by atoms with Crippen LogP contribution in [-0.2, 0) is 19.1 Å². The quantitative estimate of drug-likeness (QED) is 0.770. The molecule has 0 bridgehead atoms. The highest BCUT2D eigenvalue weighted by Gasteiger charge is 2.50. The number of carbonyl (C=O) groups is 2. The number of hydrogen-bond donors (Lipinski definition) is 0. The molecule has 3 fully saturated rings. The molecule has 1 saturated carbocycles. The van der Waals surface area contributed by atoms with E-state index >= 15 is 0 Å². The minimum Gasteiger partial charge on any atom is -0.376 e. The fourth-order valence-corrected chi connectivity index (χ4v) is 3.94. The van der Waals surface area contributed by atoms with E-state index in [9.17, 15) is 9.59 Å². The molecule has 2 amide bonds. The molecule has 0 aromatic carbocycles. The molecular formula is C16H26N2O4. The van der Waals surface area contributed by atoms with E-state index in [0.717, 1.165) is 19.3 Å². The SMILES string of the molecule is CN(C)C(=O)C1C[C@@H]2OCC[C@@H]2N1C(=O)COC1CCCC1. The van der Waals surface area contributed by atoms with Crippen LogP contribution in [0.2, 0.25) is 0 Å². The lowest BCUT2D eigenvalue weighted by Crippen LogP contribution is -2.50. The molecule has 2 heterocycles. The van der Waals surface area contributed by atoms with Gasteiger partial charge in [-0.2, -0.15) is 0 Å². The molecule has 3 atom stereocenters. The predicted octanol–water partition coefficient (Wildman–Crippen LogP) is 0.792. The van der Waals surface area contributed by atoms with Crippen LogP contribution in [0.5, 0.6) is 0 Å². The molecule has 2 aliphatic heterocycles. The zero-order valence-corrected chi connectivity index (χ0v) is 13.5. The first kappa shape index (κ1) is 15.7. The van der Waals surface area contributed by atoms with Gasteiger partial charge in [-0.25, -0.2) is 0 Å². The number of rotatable bonds is 4. The minimum atomic E-state index is -0.398. The zero-order chi connectivity index (χ0) is 15.7. The number of carbonyl (C=O) groups excluding carboxylic acids is 2. The highest BCUT2D eigenvalue weighted by Crippen LogP contribution is 2.34. The maximum absolute atomic E-state index is 12.7. The molecule has 2 saturated heterocycles. The van der Waals surface area contributed by atoms with Crippen LogP contribution < -0.4 is 0 Å². The molecule has 3 rings (SSSR count). The first-order valence-electron chi connectivity index (χ1n) is 8.33. The maximum atomic E-state index is 12.7. The molecule has 0 N–H and O–H groups in total. The Morgan fingerprint density at radius 3 is 2.64 bits per heavy atom. The van der Waals surface area contributed by atoms with Gasteiger partial charge in [0, 0.05) is 27.1 Å². The molecule has 0 spiro atoms. The van der Waals surface area contributed by atoms with Crippen molar-refractivity contribution in [3.8, 4) is 0 Å². The third-order valence-corrected chi connectivity index (χ3v) is 5.08. The van der Waals surface area contributed by atoms with Crippen molar-refractivity contribution in [2.45, 2.75) is 62.8 Å². The molecule has 124 valence electrons. The number of likely N-dealkylation sites (tertiary alicyclic amines) is 1. The molecule has 1 unspecified atom stereocenters. The second-order valence-corrected chi connectivity index (χ2v) is 6.77. The summed E-state index contributed by atoms with van der Waals surface area (Å²) in [5.74, 6) is -0.0858. The first-order chi connectivity index (χ1) is 10.6. The van der Waals surface area contributed by atoms with Gasteiger partial charge >= 0.3 is 0 Å². The molecule has 0 radical (unpaired) electrons. The number of hydrogen-bond acceptors (Lipinski definition) is 4. The second-order valence-electron chi connectivity index (χ2n) is 6.77. The van der Waals surface area contributed by atoms with Crippen molar-refractivity contribution in [1.29, 1.82) is 0 Å². The predicted molar refractivity (Wildman–Crippen MR) is 80.3 cm³/mol. The lowest BCUT2D eigenvalue weighted by Gasteiger charge is -2.30. The summed E-state index contributed by atoms with van der Waals surface area (Å²) in [5, 5.41) is 0. The van der Waals surface area contributed by atoms with E-state index in [1.54, 1.807) is 23.9 Å². The van der Waals surface area contributed by atoms with Gasteiger partial charge < -0.3 is 19.3 Å². The van der Waals surface area contributed by atoms with Crippen LogP contribution in [0.1, 0.15) is 38.5 Å². The van der Waals surface area contributed by atoms with Crippen molar-refractivity contribution in [2.24, 2.45) is 0 Å². The molecule has 1 aliphatic carbocycles. The first-order valence-corrected chi connectivity index (χ1v) is 8.33. The molecule has 0 aromatic heterocycles. The number of likely N-dealkylation sites (N-methyl/N-ethyl adjacent to an activating group) is 1. The lowest BCUT2D eigenvalue weighted by atomic mass is 10.1. The third-order valence-electron chi connectivity index (χ3n) is 5.08. The van der Waals surface area contributed by atoms with Crippen LogP contribution in [0.15, 0.2) is 0 Å². The summed E-state index contributed by atoms with van der Waals surface area (Å²) in [6, 6.07) is -0.362. The summed E-state index contributed by atoms with van der Waals surface area (Å²) in [4.78, 5) is 28.3. The van der Waals surface area contributed by atoms with Crippen molar-refractivity contribution in [1.82, 2.24) is 9.80 Å². The van der Waals surface area contributed by atoms with Gasteiger partial charge in [0.05, 0.1) is 18.2 Å². The van der Waals surface area contributed by atoms with E-state index in [-0.39, 0.29) is 36.7 Å². The Morgan fingerprint density at radius 2 is 1.95 bits per heavy atom. The standard InChI is InChI=1S/C16H26N2O4/c1-17(2)16(20)13-9-14-12(7-8-21-14)18(13)15(19)10-22-11-5-3-4-6-11/h11-14H,3-10H2,1-2H3/t12-,13?,14-/m0/s1. The molecule has 0 aromatic rings. The van der Waals surface area contributed by atoms with E-state index in [1.807, 2.05) is 0 Å². The number of amides is 2. The van der Waals surface area contributed by atoms with Crippen molar-refractivity contribution in [3.05, 3.63) is 0 Å². The van der Waals surface area contributed by atoms with Crippen LogP contribution >= 0.6 is 0 Å². The number of fused-ring (bicyclic) bond motifs is 1. The Hall–Kier alpha value is -1.14. The average Bonchev–Trinajstić information content (AvgIpc) is 3.19. The normalized spacial score (nSPS) is 31.5. The Kier molecular flexibility index (Phi) is 4.68. The highest BCUT2D eigenvalue weighted by atomic mass is 16.5. The minimum absolute atomic E-state index is 0.00401. The Bertz CT molecular complexity index is 434. The largest absolute Gasteiger partial charge is 0.376 e. The van der Waals surface area contributed by atoms with Gasteiger partial charge in [0.15, 0.2) is 0 Å². The molecule has 6 heteroatoms. The van der Waals surface area contributed by atoms with Gasteiger partial charge in [0.1, 0.15) is 12.6 Å². The van der Waals surface area contributed by atoms with E-state index in [4.69, 9.17) is 9.47 Å². The van der Waals surface area contributed by atoms with Crippen LogP contribution in [0.4, 0.5) is 0 Å². The van der Waals surface area contributed by atoms with E-state index in [2.05, 4.69) is 0 Å². The van der Waals surface area contributed by atoms with Gasteiger partial charge in [-0.1, -0.05) is 12.8 Å². The van der Waals surface area contributed by atoms with Crippen molar-refractivity contribution >= 4 is 11.8 Å². The number of nitrogens with zero attached hydrogens (tertiary/aromatic N) is 2. The van der Waals surface area contributed by atoms with E-state index in [0.29, 0.717) is 13.0 Å².